The summed E-state index contributed by atoms with van der Waals surface area (Å²) in [4.78, 5) is 28.9. The fourth-order valence-corrected chi connectivity index (χ4v) is 5.07. The van der Waals surface area contributed by atoms with Crippen molar-refractivity contribution in [2.75, 3.05) is 70.4 Å². The largest absolute Gasteiger partial charge is 0.493 e. The van der Waals surface area contributed by atoms with Crippen LogP contribution in [0.15, 0.2) is 42.6 Å². The second-order valence-corrected chi connectivity index (χ2v) is 9.27. The number of benzene rings is 2. The van der Waals surface area contributed by atoms with Gasteiger partial charge in [0, 0.05) is 51.0 Å². The van der Waals surface area contributed by atoms with Crippen molar-refractivity contribution in [1.82, 2.24) is 14.9 Å². The molecule has 0 spiro atoms. The number of hydrogen-bond donors (Lipinski definition) is 0. The van der Waals surface area contributed by atoms with Gasteiger partial charge in [0.15, 0.2) is 17.3 Å². The normalized spacial score (nSPS) is 15.5. The number of nitrogens with zero attached hydrogens (tertiary/aromatic N) is 5. The molecule has 2 fully saturated rings. The summed E-state index contributed by atoms with van der Waals surface area (Å²) in [6.45, 7) is 3.83. The Bertz CT molecular complexity index is 1280. The van der Waals surface area contributed by atoms with Crippen LogP contribution in [0.5, 0.6) is 17.2 Å². The zero-order valence-corrected chi connectivity index (χ0v) is 21.9. The lowest BCUT2D eigenvalue weighted by molar-refractivity contribution is 0.0792. The Morgan fingerprint density at radius 2 is 1.50 bits per heavy atom. The molecule has 3 heterocycles. The molecule has 10 heteroatoms. The molecule has 2 aliphatic rings. The average Bonchev–Trinajstić information content (AvgIpc) is 3.51. The first-order chi connectivity index (χ1) is 18.5. The third-order valence-electron chi connectivity index (χ3n) is 7.09. The smallest absolute Gasteiger partial charge is 0.259 e. The number of rotatable bonds is 7. The van der Waals surface area contributed by atoms with Gasteiger partial charge in [-0.2, -0.15) is 0 Å². The minimum Gasteiger partial charge on any atom is -0.493 e. The Balaban J connectivity index is 1.50. The van der Waals surface area contributed by atoms with Crippen molar-refractivity contribution in [1.29, 1.82) is 0 Å². The molecule has 38 heavy (non-hydrogen) atoms. The van der Waals surface area contributed by atoms with E-state index in [0.717, 1.165) is 25.9 Å². The number of methoxy groups -OCH3 is 3. The topological polar surface area (TPSA) is 80.3 Å². The third-order valence-corrected chi connectivity index (χ3v) is 7.09. The van der Waals surface area contributed by atoms with Crippen molar-refractivity contribution in [2.24, 2.45) is 0 Å². The lowest BCUT2D eigenvalue weighted by Gasteiger charge is -2.37. The summed E-state index contributed by atoms with van der Waals surface area (Å²) < 4.78 is 30.9. The van der Waals surface area contributed by atoms with Crippen LogP contribution in [0.25, 0.3) is 11.4 Å². The minimum atomic E-state index is -0.238. The molecule has 0 N–H and O–H groups in total. The van der Waals surface area contributed by atoms with Crippen LogP contribution in [0, 0.1) is 5.82 Å². The number of carbonyl (C=O) groups is 1. The molecular formula is C28H32FN5O4. The molecule has 2 aromatic carbocycles. The lowest BCUT2D eigenvalue weighted by Crippen LogP contribution is -2.48. The van der Waals surface area contributed by atoms with Crippen LogP contribution in [-0.4, -0.2) is 81.4 Å². The van der Waals surface area contributed by atoms with Crippen molar-refractivity contribution < 1.29 is 23.4 Å². The van der Waals surface area contributed by atoms with E-state index in [4.69, 9.17) is 19.2 Å². The highest BCUT2D eigenvalue weighted by atomic mass is 19.1. The van der Waals surface area contributed by atoms with Crippen LogP contribution in [0.4, 0.5) is 15.9 Å². The first kappa shape index (κ1) is 25.6. The first-order valence-corrected chi connectivity index (χ1v) is 12.7. The predicted octanol–water partition coefficient (Wildman–Crippen LogP) is 3.87. The van der Waals surface area contributed by atoms with Gasteiger partial charge in [-0.15, -0.1) is 0 Å². The van der Waals surface area contributed by atoms with Gasteiger partial charge in [0.25, 0.3) is 5.91 Å². The number of para-hydroxylation sites is 1. The molecule has 0 unspecified atom stereocenters. The fraction of sp³-hybridized carbons (Fsp3) is 0.393. The number of halogens is 1. The predicted molar refractivity (Wildman–Crippen MR) is 143 cm³/mol. The third kappa shape index (κ3) is 4.90. The molecule has 1 aromatic heterocycles. The Morgan fingerprint density at radius 3 is 2.11 bits per heavy atom. The number of amides is 1. The van der Waals surface area contributed by atoms with Gasteiger partial charge in [0.05, 0.1) is 27.0 Å². The Hall–Kier alpha value is -4.08. The highest BCUT2D eigenvalue weighted by Gasteiger charge is 2.29. The van der Waals surface area contributed by atoms with Crippen LogP contribution in [0.2, 0.25) is 0 Å². The van der Waals surface area contributed by atoms with E-state index in [2.05, 4.69) is 9.88 Å². The number of aromatic nitrogens is 2. The number of likely N-dealkylation sites (tertiary alicyclic amines) is 1. The number of carbonyl (C=O) groups excluding carboxylic acids is 1. The van der Waals surface area contributed by atoms with Gasteiger partial charge in [-0.1, -0.05) is 12.1 Å². The van der Waals surface area contributed by atoms with E-state index < -0.39 is 0 Å². The molecule has 2 aliphatic heterocycles. The first-order valence-electron chi connectivity index (χ1n) is 12.7. The molecule has 0 bridgehead atoms. The number of ether oxygens (including phenoxy) is 3. The monoisotopic (exact) mass is 521 g/mol. The number of hydrogen-bond acceptors (Lipinski definition) is 8. The van der Waals surface area contributed by atoms with E-state index >= 15 is 0 Å². The van der Waals surface area contributed by atoms with Crippen molar-refractivity contribution >= 4 is 17.4 Å². The minimum absolute atomic E-state index is 0.0644. The van der Waals surface area contributed by atoms with E-state index in [1.165, 1.54) is 6.07 Å². The van der Waals surface area contributed by atoms with Crippen LogP contribution in [0.1, 0.15) is 23.2 Å². The standard InChI is InChI=1S/C28H32FN5O4/c1-36-23-16-19(17-24(37-2)25(23)38-3)26-30-18-20(28(35)34-10-6-7-11-34)27(31-26)33-14-12-32(13-15-33)22-9-5-4-8-21(22)29/h4-5,8-9,16-18H,6-7,10-15H2,1-3H3. The highest BCUT2D eigenvalue weighted by Crippen LogP contribution is 2.41. The molecule has 2 saturated heterocycles. The lowest BCUT2D eigenvalue weighted by atomic mass is 10.1. The highest BCUT2D eigenvalue weighted by molar-refractivity contribution is 5.99. The van der Waals surface area contributed by atoms with Crippen molar-refractivity contribution in [2.45, 2.75) is 12.8 Å². The Morgan fingerprint density at radius 1 is 0.868 bits per heavy atom. The molecule has 9 nitrogen and oxygen atoms in total. The van der Waals surface area contributed by atoms with Crippen LogP contribution in [-0.2, 0) is 0 Å². The molecule has 0 saturated carbocycles. The van der Waals surface area contributed by atoms with Gasteiger partial charge in [-0.25, -0.2) is 14.4 Å². The van der Waals surface area contributed by atoms with E-state index in [1.807, 2.05) is 15.9 Å². The summed E-state index contributed by atoms with van der Waals surface area (Å²) in [5.74, 6) is 2.17. The SMILES string of the molecule is COc1cc(-c2ncc(C(=O)N3CCCC3)c(N3CCN(c4ccccc4F)CC3)n2)cc(OC)c1OC. The maximum absolute atomic E-state index is 14.4. The molecule has 1 amide bonds. The number of piperazine rings is 1. The molecule has 200 valence electrons. The molecular weight excluding hydrogens is 489 g/mol. The summed E-state index contributed by atoms with van der Waals surface area (Å²) >= 11 is 0. The summed E-state index contributed by atoms with van der Waals surface area (Å²) in [5, 5.41) is 0. The summed E-state index contributed by atoms with van der Waals surface area (Å²) in [7, 11) is 4.66. The molecule has 0 radical (unpaired) electrons. The maximum Gasteiger partial charge on any atom is 0.259 e. The van der Waals surface area contributed by atoms with E-state index in [-0.39, 0.29) is 11.7 Å². The second kappa shape index (κ2) is 11.1. The number of anilines is 2. The van der Waals surface area contributed by atoms with Crippen molar-refractivity contribution in [3.05, 3.63) is 54.0 Å². The van der Waals surface area contributed by atoms with Gasteiger partial charge in [0.2, 0.25) is 5.75 Å². The van der Waals surface area contributed by atoms with Crippen LogP contribution >= 0.6 is 0 Å². The molecule has 0 atom stereocenters. The second-order valence-electron chi connectivity index (χ2n) is 9.27. The van der Waals surface area contributed by atoms with E-state index in [1.54, 1.807) is 51.8 Å². The van der Waals surface area contributed by atoms with E-state index in [0.29, 0.717) is 71.9 Å². The average molecular weight is 522 g/mol. The van der Waals surface area contributed by atoms with Gasteiger partial charge < -0.3 is 28.9 Å². The van der Waals surface area contributed by atoms with Crippen molar-refractivity contribution in [3.8, 4) is 28.6 Å². The van der Waals surface area contributed by atoms with Gasteiger partial charge >= 0.3 is 0 Å². The van der Waals surface area contributed by atoms with Crippen molar-refractivity contribution in [3.63, 3.8) is 0 Å². The quantitative estimate of drug-likeness (QED) is 0.464. The van der Waals surface area contributed by atoms with Gasteiger partial charge in [0.1, 0.15) is 17.2 Å². The summed E-state index contributed by atoms with van der Waals surface area (Å²) in [6.07, 6.45) is 3.60. The van der Waals surface area contributed by atoms with Crippen LogP contribution < -0.4 is 24.0 Å². The van der Waals surface area contributed by atoms with Gasteiger partial charge in [-0.3, -0.25) is 4.79 Å². The van der Waals surface area contributed by atoms with E-state index in [9.17, 15) is 9.18 Å². The maximum atomic E-state index is 14.4. The summed E-state index contributed by atoms with van der Waals surface area (Å²) in [5.41, 5.74) is 1.73. The molecule has 3 aromatic rings. The Kier molecular flexibility index (Phi) is 7.48. The Labute approximate surface area is 221 Å². The fourth-order valence-electron chi connectivity index (χ4n) is 5.07. The molecule has 5 rings (SSSR count). The summed E-state index contributed by atoms with van der Waals surface area (Å²) in [6, 6.07) is 10.4. The zero-order valence-electron chi connectivity index (χ0n) is 21.9. The van der Waals surface area contributed by atoms with Gasteiger partial charge in [-0.05, 0) is 37.1 Å². The zero-order chi connectivity index (χ0) is 26.6. The molecule has 0 aliphatic carbocycles. The van der Waals surface area contributed by atoms with Crippen LogP contribution in [0.3, 0.4) is 0 Å².